The monoisotopic (exact) mass is 1330 g/mol. The molecule has 6 heterocycles. The van der Waals surface area contributed by atoms with E-state index in [9.17, 15) is 4.79 Å². The van der Waals surface area contributed by atoms with E-state index in [0.717, 1.165) is 127 Å². The molecule has 2 aliphatic heterocycles. The molecule has 0 saturated heterocycles. The van der Waals surface area contributed by atoms with Crippen molar-refractivity contribution < 1.29 is 14.3 Å². The predicted octanol–water partition coefficient (Wildman–Crippen LogP) is 28.0. The molecule has 15 rings (SSSR count). The van der Waals surface area contributed by atoms with Crippen molar-refractivity contribution in [1.29, 1.82) is 0 Å². The fourth-order valence-corrected chi connectivity index (χ4v) is 18.2. The second-order valence-corrected chi connectivity index (χ2v) is 30.8. The second-order valence-electron chi connectivity index (χ2n) is 26.1. The Labute approximate surface area is 583 Å². The zero-order valence-corrected chi connectivity index (χ0v) is 58.9. The average Bonchev–Trinajstić information content (AvgIpc) is 1.13. The molecule has 0 N–H and O–H groups in total. The maximum atomic E-state index is 14.7. The fraction of sp³-hybridized carbons (Fsp3) is 0.253. The van der Waals surface area contributed by atoms with Gasteiger partial charge in [-0.15, -0.1) is 45.3 Å². The highest BCUT2D eigenvalue weighted by molar-refractivity contribution is 7.16. The first-order chi connectivity index (χ1) is 47.3. The van der Waals surface area contributed by atoms with Crippen molar-refractivity contribution in [1.82, 2.24) is 0 Å². The normalized spacial score (nSPS) is 12.6. The van der Waals surface area contributed by atoms with Gasteiger partial charge in [0.15, 0.2) is 28.8 Å². The van der Waals surface area contributed by atoms with Gasteiger partial charge in [0.2, 0.25) is 0 Å². The standard InChI is InChI=1S/C87H82N2O3S4/c1-5-9-13-17-21-69-39-49-85(95-69)63-31-45-77-81(55-63)91-79-53-61(83-47-37-67(93-83)19-15-11-7-3)29-43-75(79)88(77)65-33-23-57(24-34-65)59-27-41-71-72-42-28-60(52-74(72)87(90)73(71)51-59)58-25-35-66(36-26-58)89-76-44-30-62(84-48-38-68(94-84)20-16-12-8-4)54-80(76)92-82-56-64(32-46-78(82)89)86-50-40-70(96-86)22-18-14-10-6-2/h23-56H,5-22H2,1-4H3. The van der Waals surface area contributed by atoms with Crippen LogP contribution in [-0.4, -0.2) is 5.78 Å². The van der Waals surface area contributed by atoms with Crippen LogP contribution in [0.1, 0.15) is 153 Å². The number of anilines is 6. The zero-order chi connectivity index (χ0) is 65.1. The third kappa shape index (κ3) is 13.1. The first-order valence-corrected chi connectivity index (χ1v) is 38.5. The maximum absolute atomic E-state index is 14.7. The predicted molar refractivity (Wildman–Crippen MR) is 411 cm³/mol. The lowest BCUT2D eigenvalue weighted by atomic mass is 9.97. The quantitative estimate of drug-likeness (QED) is 0.0506. The third-order valence-corrected chi connectivity index (χ3v) is 24.1. The summed E-state index contributed by atoms with van der Waals surface area (Å²) >= 11 is 7.59. The van der Waals surface area contributed by atoms with E-state index in [0.29, 0.717) is 0 Å². The number of ether oxygens (including phenoxy) is 2. The minimum absolute atomic E-state index is 0.0551. The van der Waals surface area contributed by atoms with E-state index >= 15 is 0 Å². The molecule has 0 amide bonds. The molecule has 0 bridgehead atoms. The molecule has 0 spiro atoms. The minimum Gasteiger partial charge on any atom is -0.453 e. The molecule has 0 fully saturated rings. The summed E-state index contributed by atoms with van der Waals surface area (Å²) in [5.74, 6) is 3.42. The number of thiophene rings is 4. The van der Waals surface area contributed by atoms with E-state index in [4.69, 9.17) is 9.47 Å². The van der Waals surface area contributed by atoms with Crippen LogP contribution in [0.3, 0.4) is 0 Å². The van der Waals surface area contributed by atoms with Gasteiger partial charge >= 0.3 is 0 Å². The maximum Gasteiger partial charge on any atom is 0.194 e. The largest absolute Gasteiger partial charge is 0.453 e. The number of nitrogens with zero attached hydrogens (tertiary/aromatic N) is 2. The van der Waals surface area contributed by atoms with Gasteiger partial charge in [0.1, 0.15) is 0 Å². The number of aryl methyl sites for hydroxylation is 4. The fourth-order valence-electron chi connectivity index (χ4n) is 14.1. The highest BCUT2D eigenvalue weighted by Crippen LogP contribution is 2.56. The first-order valence-electron chi connectivity index (χ1n) is 35.2. The Hall–Kier alpha value is -8.57. The Morgan fingerprint density at radius 3 is 0.865 bits per heavy atom. The number of benzene rings is 8. The molecule has 12 aromatic rings. The molecule has 0 unspecified atom stereocenters. The molecule has 482 valence electrons. The van der Waals surface area contributed by atoms with Crippen molar-refractivity contribution in [2.45, 2.75) is 143 Å². The average molecular weight is 1330 g/mol. The summed E-state index contributed by atoms with van der Waals surface area (Å²) in [7, 11) is 0. The van der Waals surface area contributed by atoms with Crippen molar-refractivity contribution in [3.8, 4) is 98.1 Å². The van der Waals surface area contributed by atoms with Crippen molar-refractivity contribution in [2.75, 3.05) is 9.80 Å². The van der Waals surface area contributed by atoms with Crippen LogP contribution < -0.4 is 19.3 Å². The van der Waals surface area contributed by atoms with E-state index in [2.05, 4.69) is 244 Å². The molecular weight excluding hydrogens is 1250 g/mol. The van der Waals surface area contributed by atoms with Crippen LogP contribution in [-0.2, 0) is 25.7 Å². The summed E-state index contributed by atoms with van der Waals surface area (Å²) in [4.78, 5) is 30.2. The van der Waals surface area contributed by atoms with Crippen molar-refractivity contribution in [3.63, 3.8) is 0 Å². The summed E-state index contributed by atoms with van der Waals surface area (Å²) in [5, 5.41) is 0. The zero-order valence-electron chi connectivity index (χ0n) is 55.6. The van der Waals surface area contributed by atoms with Crippen molar-refractivity contribution >= 4 is 85.3 Å². The number of carbonyl (C=O) groups is 1. The SMILES string of the molecule is CCCCCCc1ccc(-c2ccc3c(c2)Oc2cc(-c4ccc(CCCCC)s4)ccc2N3c2ccc(-c3ccc4c(c3)C(=O)c3cc(-c5ccc(N6c7ccc(-c8ccc(CCCCC)s8)cc7Oc7cc(-c8ccc(CCCCCC)s8)ccc76)cc5)ccc3-4)cc2)s1. The number of unbranched alkanes of at least 4 members (excludes halogenated alkanes) is 10. The Bertz CT molecular complexity index is 4470. The van der Waals surface area contributed by atoms with Crippen molar-refractivity contribution in [3.05, 3.63) is 237 Å². The van der Waals surface area contributed by atoms with Crippen LogP contribution in [0.2, 0.25) is 0 Å². The molecule has 9 heteroatoms. The molecule has 3 aliphatic rings. The summed E-state index contributed by atoms with van der Waals surface area (Å²) in [5.41, 5.74) is 18.3. The van der Waals surface area contributed by atoms with E-state index in [-0.39, 0.29) is 5.78 Å². The van der Waals surface area contributed by atoms with E-state index in [1.54, 1.807) is 0 Å². The minimum atomic E-state index is 0.0551. The summed E-state index contributed by atoms with van der Waals surface area (Å²) in [6.45, 7) is 9.08. The summed E-state index contributed by atoms with van der Waals surface area (Å²) < 4.78 is 13.9. The van der Waals surface area contributed by atoms with E-state index in [1.165, 1.54) is 151 Å². The second kappa shape index (κ2) is 28.6. The number of hydrogen-bond acceptors (Lipinski definition) is 9. The smallest absolute Gasteiger partial charge is 0.194 e. The van der Waals surface area contributed by atoms with Gasteiger partial charge in [-0.25, -0.2) is 0 Å². The molecule has 1 aliphatic carbocycles. The number of rotatable bonds is 26. The van der Waals surface area contributed by atoms with Crippen LogP contribution in [0.25, 0.3) is 75.1 Å². The Kier molecular flexibility index (Phi) is 18.9. The first kappa shape index (κ1) is 63.5. The van der Waals surface area contributed by atoms with Crippen LogP contribution in [0.4, 0.5) is 34.1 Å². The lowest BCUT2D eigenvalue weighted by Gasteiger charge is -2.33. The molecule has 4 aromatic heterocycles. The Morgan fingerprint density at radius 1 is 0.271 bits per heavy atom. The van der Waals surface area contributed by atoms with Gasteiger partial charge in [-0.1, -0.05) is 165 Å². The Morgan fingerprint density at radius 2 is 0.552 bits per heavy atom. The molecule has 0 saturated carbocycles. The van der Waals surface area contributed by atoms with Crippen molar-refractivity contribution in [2.24, 2.45) is 0 Å². The van der Waals surface area contributed by atoms with Gasteiger partial charge in [-0.2, -0.15) is 0 Å². The van der Waals surface area contributed by atoms with Crippen LogP contribution >= 0.6 is 45.3 Å². The topological polar surface area (TPSA) is 42.0 Å². The van der Waals surface area contributed by atoms with Gasteiger partial charge in [0.05, 0.1) is 22.7 Å². The van der Waals surface area contributed by atoms with Gasteiger partial charge in [0.25, 0.3) is 0 Å². The van der Waals surface area contributed by atoms with E-state index in [1.807, 2.05) is 45.3 Å². The number of ketones is 1. The summed E-state index contributed by atoms with van der Waals surface area (Å²) in [6, 6.07) is 75.5. The lowest BCUT2D eigenvalue weighted by Crippen LogP contribution is -2.15. The molecular formula is C87H82N2O3S4. The molecule has 0 radical (unpaired) electrons. The van der Waals surface area contributed by atoms with Gasteiger partial charge in [-0.3, -0.25) is 4.79 Å². The van der Waals surface area contributed by atoms with Gasteiger partial charge in [0, 0.05) is 61.5 Å². The molecule has 8 aromatic carbocycles. The lowest BCUT2D eigenvalue weighted by molar-refractivity contribution is 0.104. The highest BCUT2D eigenvalue weighted by Gasteiger charge is 2.32. The van der Waals surface area contributed by atoms with Gasteiger partial charge in [-0.05, 0) is 240 Å². The van der Waals surface area contributed by atoms with Crippen LogP contribution in [0, 0.1) is 0 Å². The van der Waals surface area contributed by atoms with Crippen LogP contribution in [0.5, 0.6) is 23.0 Å². The third-order valence-electron chi connectivity index (χ3n) is 19.4. The number of hydrogen-bond donors (Lipinski definition) is 0. The molecule has 0 atom stereocenters. The highest BCUT2D eigenvalue weighted by atomic mass is 32.1. The number of carbonyl (C=O) groups excluding carboxylic acids is 1. The van der Waals surface area contributed by atoms with E-state index < -0.39 is 0 Å². The molecule has 96 heavy (non-hydrogen) atoms. The van der Waals surface area contributed by atoms with Crippen LogP contribution in [0.15, 0.2) is 206 Å². The number of fused-ring (bicyclic) bond motifs is 7. The summed E-state index contributed by atoms with van der Waals surface area (Å²) in [6.07, 6.45) is 22.0. The Balaban J connectivity index is 0.688. The van der Waals surface area contributed by atoms with Gasteiger partial charge < -0.3 is 19.3 Å². The molecule has 5 nitrogen and oxygen atoms in total.